The summed E-state index contributed by atoms with van der Waals surface area (Å²) in [5, 5.41) is 0. The molecule has 0 heterocycles. The van der Waals surface area contributed by atoms with Gasteiger partial charge in [-0.1, -0.05) is 67.4 Å². The zero-order valence-electron chi connectivity index (χ0n) is 17.4. The highest BCUT2D eigenvalue weighted by atomic mass is 32.2. The molecule has 0 bridgehead atoms. The molecule has 0 aliphatic carbocycles. The second-order valence-corrected chi connectivity index (χ2v) is 13.3. The highest BCUT2D eigenvalue weighted by Gasteiger charge is 2.14. The lowest BCUT2D eigenvalue weighted by Gasteiger charge is -2.12. The second kappa shape index (κ2) is 14.2. The molecule has 1 aromatic rings. The molecule has 0 N–H and O–H groups in total. The highest BCUT2D eigenvalue weighted by Crippen LogP contribution is 2.08. The monoisotopic (exact) mass is 448 g/mol. The van der Waals surface area contributed by atoms with Crippen molar-refractivity contribution in [3.8, 4) is 23.3 Å². The molecule has 1 aromatic carbocycles. The molecular weight excluding hydrogens is 420 g/mol. The molecular formula is C22H28O4S2Si. The van der Waals surface area contributed by atoms with Crippen LogP contribution in [-0.2, 0) is 14.2 Å². The van der Waals surface area contributed by atoms with Crippen molar-refractivity contribution in [1.29, 1.82) is 0 Å². The normalized spacial score (nSPS) is 11.3. The Morgan fingerprint density at radius 1 is 1.21 bits per heavy atom. The molecule has 156 valence electrons. The van der Waals surface area contributed by atoms with E-state index in [0.29, 0.717) is 41.9 Å². The van der Waals surface area contributed by atoms with Gasteiger partial charge in [-0.2, -0.15) is 0 Å². The topological polar surface area (TPSA) is 44.8 Å². The minimum Gasteiger partial charge on any atom is -0.479 e. The van der Waals surface area contributed by atoms with Crippen LogP contribution in [0.5, 0.6) is 0 Å². The number of carbonyl (C=O) groups excluding carboxylic acids is 1. The van der Waals surface area contributed by atoms with Crippen LogP contribution in [0.4, 0.5) is 0 Å². The average molecular weight is 449 g/mol. The van der Waals surface area contributed by atoms with Crippen LogP contribution >= 0.6 is 24.0 Å². The van der Waals surface area contributed by atoms with Crippen molar-refractivity contribution in [3.63, 3.8) is 0 Å². The fraction of sp³-hybridized carbons (Fsp3) is 0.455. The lowest BCUT2D eigenvalue weighted by atomic mass is 10.2. The third-order valence-electron chi connectivity index (χ3n) is 3.21. The number of thiocarbonyl (C=S) groups is 1. The number of hydrogen-bond acceptors (Lipinski definition) is 6. The van der Waals surface area contributed by atoms with Crippen molar-refractivity contribution >= 4 is 42.4 Å². The van der Waals surface area contributed by atoms with Crippen molar-refractivity contribution in [2.75, 3.05) is 25.6 Å². The Morgan fingerprint density at radius 2 is 1.93 bits per heavy atom. The van der Waals surface area contributed by atoms with E-state index in [0.717, 1.165) is 0 Å². The average Bonchev–Trinajstić information content (AvgIpc) is 2.67. The first kappa shape index (κ1) is 25.3. The predicted molar refractivity (Wildman–Crippen MR) is 127 cm³/mol. The van der Waals surface area contributed by atoms with Crippen LogP contribution in [0, 0.1) is 23.3 Å². The van der Waals surface area contributed by atoms with Crippen molar-refractivity contribution in [3.05, 3.63) is 35.9 Å². The van der Waals surface area contributed by atoms with E-state index in [1.165, 1.54) is 11.8 Å². The molecule has 0 aromatic heterocycles. The van der Waals surface area contributed by atoms with Crippen LogP contribution < -0.4 is 0 Å². The Labute approximate surface area is 185 Å². The molecule has 7 heteroatoms. The van der Waals surface area contributed by atoms with Gasteiger partial charge in [-0.25, -0.2) is 4.79 Å². The molecule has 1 unspecified atom stereocenters. The Hall–Kier alpha value is -1.77. The summed E-state index contributed by atoms with van der Waals surface area (Å²) in [6, 6.07) is 8.87. The van der Waals surface area contributed by atoms with Gasteiger partial charge in [0.2, 0.25) is 4.38 Å². The molecule has 0 aliphatic heterocycles. The van der Waals surface area contributed by atoms with Gasteiger partial charge in [0.15, 0.2) is 6.10 Å². The van der Waals surface area contributed by atoms with Crippen molar-refractivity contribution < 1.29 is 19.0 Å². The molecule has 0 saturated heterocycles. The number of hydrogen-bond donors (Lipinski definition) is 0. The van der Waals surface area contributed by atoms with Gasteiger partial charge in [0.25, 0.3) is 0 Å². The molecule has 0 amide bonds. The van der Waals surface area contributed by atoms with Gasteiger partial charge in [0.1, 0.15) is 14.7 Å². The third kappa shape index (κ3) is 13.1. The summed E-state index contributed by atoms with van der Waals surface area (Å²) in [5.41, 5.74) is 3.74. The Bertz CT molecular complexity index is 767. The molecule has 0 fully saturated rings. The lowest BCUT2D eigenvalue weighted by Crippen LogP contribution is -2.19. The SMILES string of the molecule is CCOC(=S)SCC#CC(CCOCC#C[Si](C)(C)C)OC(=O)c1ccccc1. The van der Waals surface area contributed by atoms with Crippen LogP contribution in [0.1, 0.15) is 23.7 Å². The number of ether oxygens (including phenoxy) is 3. The van der Waals surface area contributed by atoms with E-state index in [2.05, 4.69) is 42.9 Å². The summed E-state index contributed by atoms with van der Waals surface area (Å²) in [6.07, 6.45) is -0.0882. The highest BCUT2D eigenvalue weighted by molar-refractivity contribution is 8.22. The first-order chi connectivity index (χ1) is 13.8. The van der Waals surface area contributed by atoms with Gasteiger partial charge >= 0.3 is 5.97 Å². The number of thioether (sulfide) groups is 1. The Kier molecular flexibility index (Phi) is 12.4. The van der Waals surface area contributed by atoms with Gasteiger partial charge in [-0.3, -0.25) is 0 Å². The van der Waals surface area contributed by atoms with E-state index in [-0.39, 0.29) is 0 Å². The maximum absolute atomic E-state index is 12.3. The second-order valence-electron chi connectivity index (χ2n) is 6.95. The minimum absolute atomic E-state index is 0.371. The fourth-order valence-electron chi connectivity index (χ4n) is 1.96. The summed E-state index contributed by atoms with van der Waals surface area (Å²) >= 11 is 6.41. The van der Waals surface area contributed by atoms with Crippen LogP contribution in [0.25, 0.3) is 0 Å². The number of esters is 1. The van der Waals surface area contributed by atoms with Crippen molar-refractivity contribution in [1.82, 2.24) is 0 Å². The molecule has 0 aliphatic rings. The first-order valence-corrected chi connectivity index (χ1v) is 14.3. The van der Waals surface area contributed by atoms with Crippen LogP contribution in [0.3, 0.4) is 0 Å². The van der Waals surface area contributed by atoms with Crippen LogP contribution in [0.15, 0.2) is 30.3 Å². The molecule has 29 heavy (non-hydrogen) atoms. The molecule has 0 radical (unpaired) electrons. The van der Waals surface area contributed by atoms with Crippen LogP contribution in [0.2, 0.25) is 19.6 Å². The van der Waals surface area contributed by atoms with Gasteiger partial charge in [0, 0.05) is 6.42 Å². The lowest BCUT2D eigenvalue weighted by molar-refractivity contribution is 0.0337. The van der Waals surface area contributed by atoms with Crippen molar-refractivity contribution in [2.45, 2.75) is 39.1 Å². The number of benzene rings is 1. The first-order valence-electron chi connectivity index (χ1n) is 9.43. The Morgan fingerprint density at radius 3 is 2.59 bits per heavy atom. The number of rotatable bonds is 8. The van der Waals surface area contributed by atoms with E-state index in [1.807, 2.05) is 13.0 Å². The maximum Gasteiger partial charge on any atom is 0.339 e. The van der Waals surface area contributed by atoms with E-state index < -0.39 is 20.1 Å². The quantitative estimate of drug-likeness (QED) is 0.191. The molecule has 1 atom stereocenters. The molecule has 4 nitrogen and oxygen atoms in total. The van der Waals surface area contributed by atoms with E-state index in [1.54, 1.807) is 24.3 Å². The van der Waals surface area contributed by atoms with E-state index in [9.17, 15) is 4.79 Å². The summed E-state index contributed by atoms with van der Waals surface area (Å²) in [7, 11) is -1.39. The third-order valence-corrected chi connectivity index (χ3v) is 5.25. The molecule has 0 saturated carbocycles. The zero-order valence-corrected chi connectivity index (χ0v) is 20.1. The van der Waals surface area contributed by atoms with Gasteiger partial charge in [0.05, 0.1) is 24.5 Å². The summed E-state index contributed by atoms with van der Waals surface area (Å²) < 4.78 is 16.8. The summed E-state index contributed by atoms with van der Waals surface area (Å²) in [6.45, 7) is 9.75. The molecule has 0 spiro atoms. The minimum atomic E-state index is -1.39. The summed E-state index contributed by atoms with van der Waals surface area (Å²) in [4.78, 5) is 12.3. The van der Waals surface area contributed by atoms with E-state index in [4.69, 9.17) is 26.4 Å². The summed E-state index contributed by atoms with van der Waals surface area (Å²) in [5.74, 6) is 9.12. The Balaban J connectivity index is 2.59. The largest absolute Gasteiger partial charge is 0.479 e. The smallest absolute Gasteiger partial charge is 0.339 e. The predicted octanol–water partition coefficient (Wildman–Crippen LogP) is 4.56. The van der Waals surface area contributed by atoms with Gasteiger partial charge in [-0.15, -0.1) is 5.54 Å². The maximum atomic E-state index is 12.3. The standard InChI is InChI=1S/C22H28O4S2Si/c1-5-25-22(27)28-17-9-13-20(14-16-24-15-10-18-29(2,3)4)26-21(23)19-11-7-6-8-12-19/h6-8,11-12,20H,5,14-17H2,1-4H3. The van der Waals surface area contributed by atoms with Crippen LogP contribution in [-0.4, -0.2) is 50.1 Å². The van der Waals surface area contributed by atoms with Gasteiger partial charge < -0.3 is 14.2 Å². The van der Waals surface area contributed by atoms with E-state index >= 15 is 0 Å². The fourth-order valence-corrected chi connectivity index (χ4v) is 3.33. The zero-order chi connectivity index (χ0) is 21.5. The number of carbonyl (C=O) groups is 1. The molecule has 1 rings (SSSR count). The van der Waals surface area contributed by atoms with Crippen molar-refractivity contribution in [2.24, 2.45) is 0 Å². The van der Waals surface area contributed by atoms with Gasteiger partial charge in [-0.05, 0) is 31.3 Å².